The van der Waals surface area contributed by atoms with Crippen LogP contribution in [0.25, 0.3) is 0 Å². The number of thiophene rings is 1. The fourth-order valence-electron chi connectivity index (χ4n) is 1.41. The van der Waals surface area contributed by atoms with Gasteiger partial charge in [0.15, 0.2) is 11.6 Å². The van der Waals surface area contributed by atoms with Crippen LogP contribution in [0.5, 0.6) is 0 Å². The Hall–Kier alpha value is -1.26. The van der Waals surface area contributed by atoms with Gasteiger partial charge < -0.3 is 0 Å². The fourth-order valence-corrected chi connectivity index (χ4v) is 2.77. The third kappa shape index (κ3) is 2.70. The minimum atomic E-state index is -0.802. The molecule has 0 aliphatic carbocycles. The van der Waals surface area contributed by atoms with Crippen molar-refractivity contribution in [2.24, 2.45) is 0 Å². The summed E-state index contributed by atoms with van der Waals surface area (Å²) in [6, 6.07) is 12.3. The van der Waals surface area contributed by atoms with E-state index < -0.39 is 4.83 Å². The minimum Gasteiger partial charge on any atom is -0.292 e. The second-order valence-electron chi connectivity index (χ2n) is 3.43. The van der Waals surface area contributed by atoms with Crippen molar-refractivity contribution in [3.05, 3.63) is 58.3 Å². The molecule has 1 aromatic heterocycles. The summed E-state index contributed by atoms with van der Waals surface area (Å²) < 4.78 is 0. The molecule has 1 atom stereocenters. The first-order chi connectivity index (χ1) is 8.20. The first kappa shape index (κ1) is 12.2. The highest BCUT2D eigenvalue weighted by Gasteiger charge is 2.26. The normalized spacial score (nSPS) is 12.1. The summed E-state index contributed by atoms with van der Waals surface area (Å²) in [4.78, 5) is 23.8. The summed E-state index contributed by atoms with van der Waals surface area (Å²) in [5, 5.41) is 1.82. The molecule has 0 amide bonds. The molecule has 4 heteroatoms. The first-order valence-electron chi connectivity index (χ1n) is 5.01. The van der Waals surface area contributed by atoms with E-state index in [1.54, 1.807) is 36.4 Å². The van der Waals surface area contributed by atoms with E-state index in [9.17, 15) is 9.59 Å². The van der Waals surface area contributed by atoms with E-state index >= 15 is 0 Å². The van der Waals surface area contributed by atoms with Gasteiger partial charge in [-0.05, 0) is 11.4 Å². The average molecular weight is 309 g/mol. The van der Waals surface area contributed by atoms with Gasteiger partial charge in [-0.15, -0.1) is 11.3 Å². The second kappa shape index (κ2) is 5.38. The van der Waals surface area contributed by atoms with Gasteiger partial charge in [0.1, 0.15) is 4.83 Å². The van der Waals surface area contributed by atoms with Crippen molar-refractivity contribution in [1.82, 2.24) is 0 Å². The fraction of sp³-hybridized carbons (Fsp3) is 0.0769. The van der Waals surface area contributed by atoms with Gasteiger partial charge in [0.25, 0.3) is 0 Å². The Morgan fingerprint density at radius 1 is 1.00 bits per heavy atom. The SMILES string of the molecule is O=C(c1ccccc1)C(Br)C(=O)c1cccs1. The number of halogens is 1. The lowest BCUT2D eigenvalue weighted by Gasteiger charge is -2.06. The van der Waals surface area contributed by atoms with E-state index in [-0.39, 0.29) is 11.6 Å². The van der Waals surface area contributed by atoms with Crippen LogP contribution < -0.4 is 0 Å². The van der Waals surface area contributed by atoms with E-state index in [0.717, 1.165) is 0 Å². The monoisotopic (exact) mass is 308 g/mol. The quantitative estimate of drug-likeness (QED) is 0.491. The van der Waals surface area contributed by atoms with Gasteiger partial charge in [-0.2, -0.15) is 0 Å². The lowest BCUT2D eigenvalue weighted by atomic mass is 10.1. The van der Waals surface area contributed by atoms with Crippen molar-refractivity contribution in [2.45, 2.75) is 4.83 Å². The molecule has 0 aliphatic rings. The van der Waals surface area contributed by atoms with Crippen LogP contribution in [0.1, 0.15) is 20.0 Å². The highest BCUT2D eigenvalue weighted by Crippen LogP contribution is 2.19. The predicted octanol–water partition coefficient (Wildman–Crippen LogP) is 3.58. The highest BCUT2D eigenvalue weighted by molar-refractivity contribution is 9.10. The molecule has 0 N–H and O–H groups in total. The van der Waals surface area contributed by atoms with Gasteiger partial charge >= 0.3 is 0 Å². The number of Topliss-reactive ketones (excluding diaryl/α,β-unsaturated/α-hetero) is 2. The number of rotatable bonds is 4. The molecule has 0 spiro atoms. The van der Waals surface area contributed by atoms with E-state index in [4.69, 9.17) is 0 Å². The zero-order chi connectivity index (χ0) is 12.3. The Labute approximate surface area is 111 Å². The Balaban J connectivity index is 2.19. The largest absolute Gasteiger partial charge is 0.292 e. The van der Waals surface area contributed by atoms with Crippen molar-refractivity contribution in [2.75, 3.05) is 0 Å². The standard InChI is InChI=1S/C13H9BrO2S/c14-11(13(16)10-7-4-8-17-10)12(15)9-5-2-1-3-6-9/h1-8,11H. The van der Waals surface area contributed by atoms with Crippen molar-refractivity contribution >= 4 is 38.8 Å². The number of carbonyl (C=O) groups excluding carboxylic acids is 2. The van der Waals surface area contributed by atoms with Crippen LogP contribution in [-0.4, -0.2) is 16.4 Å². The van der Waals surface area contributed by atoms with Gasteiger partial charge in [0, 0.05) is 5.56 Å². The predicted molar refractivity (Wildman–Crippen MR) is 72.1 cm³/mol. The molecule has 1 heterocycles. The molecule has 0 radical (unpaired) electrons. The summed E-state index contributed by atoms with van der Waals surface area (Å²) in [6.07, 6.45) is 0. The van der Waals surface area contributed by atoms with Gasteiger partial charge in [-0.25, -0.2) is 0 Å². The number of carbonyl (C=O) groups is 2. The molecule has 2 nitrogen and oxygen atoms in total. The Morgan fingerprint density at radius 3 is 2.29 bits per heavy atom. The van der Waals surface area contributed by atoms with Crippen LogP contribution in [0, 0.1) is 0 Å². The molecule has 2 rings (SSSR count). The zero-order valence-corrected chi connectivity index (χ0v) is 11.2. The molecule has 0 saturated carbocycles. The van der Waals surface area contributed by atoms with Crippen LogP contribution in [0.4, 0.5) is 0 Å². The molecule has 0 fully saturated rings. The first-order valence-corrected chi connectivity index (χ1v) is 6.80. The molecule has 1 unspecified atom stereocenters. The van der Waals surface area contributed by atoms with Crippen molar-refractivity contribution in [1.29, 1.82) is 0 Å². The number of alkyl halides is 1. The maximum atomic E-state index is 12.0. The average Bonchev–Trinajstić information content (AvgIpc) is 2.91. The van der Waals surface area contributed by atoms with E-state index in [2.05, 4.69) is 15.9 Å². The Bertz CT molecular complexity index is 520. The topological polar surface area (TPSA) is 34.1 Å². The molecule has 17 heavy (non-hydrogen) atoms. The van der Waals surface area contributed by atoms with Gasteiger partial charge in [0.2, 0.25) is 0 Å². The molecule has 0 bridgehead atoms. The van der Waals surface area contributed by atoms with E-state index in [0.29, 0.717) is 10.4 Å². The van der Waals surface area contributed by atoms with Crippen LogP contribution in [0.3, 0.4) is 0 Å². The second-order valence-corrected chi connectivity index (χ2v) is 5.30. The molecule has 0 saturated heterocycles. The number of hydrogen-bond acceptors (Lipinski definition) is 3. The maximum Gasteiger partial charge on any atom is 0.194 e. The summed E-state index contributed by atoms with van der Waals surface area (Å²) in [5.41, 5.74) is 0.541. The van der Waals surface area contributed by atoms with E-state index in [1.807, 2.05) is 11.4 Å². The number of ketones is 2. The molecule has 0 aliphatic heterocycles. The number of benzene rings is 1. The van der Waals surface area contributed by atoms with Gasteiger partial charge in [0.05, 0.1) is 4.88 Å². The Kier molecular flexibility index (Phi) is 3.86. The highest BCUT2D eigenvalue weighted by atomic mass is 79.9. The van der Waals surface area contributed by atoms with Crippen molar-refractivity contribution < 1.29 is 9.59 Å². The molecule has 2 aromatic rings. The third-order valence-corrected chi connectivity index (χ3v) is 4.00. The van der Waals surface area contributed by atoms with Crippen LogP contribution in [-0.2, 0) is 0 Å². The van der Waals surface area contributed by atoms with Crippen molar-refractivity contribution in [3.63, 3.8) is 0 Å². The summed E-state index contributed by atoms with van der Waals surface area (Å²) in [7, 11) is 0. The van der Waals surface area contributed by atoms with Gasteiger partial charge in [-0.3, -0.25) is 9.59 Å². The maximum absolute atomic E-state index is 12.0. The van der Waals surface area contributed by atoms with Crippen LogP contribution in [0.15, 0.2) is 47.8 Å². The van der Waals surface area contributed by atoms with Crippen LogP contribution >= 0.6 is 27.3 Å². The lowest BCUT2D eigenvalue weighted by Crippen LogP contribution is -2.23. The summed E-state index contributed by atoms with van der Waals surface area (Å²) in [6.45, 7) is 0. The minimum absolute atomic E-state index is 0.186. The molecular formula is C13H9BrO2S. The van der Waals surface area contributed by atoms with Crippen molar-refractivity contribution in [3.8, 4) is 0 Å². The summed E-state index contributed by atoms with van der Waals surface area (Å²) in [5.74, 6) is -0.391. The molecule has 86 valence electrons. The summed E-state index contributed by atoms with van der Waals surface area (Å²) >= 11 is 4.51. The lowest BCUT2D eigenvalue weighted by molar-refractivity contribution is 0.0908. The zero-order valence-electron chi connectivity index (χ0n) is 8.80. The Morgan fingerprint density at radius 2 is 1.71 bits per heavy atom. The molecular weight excluding hydrogens is 300 g/mol. The smallest absolute Gasteiger partial charge is 0.194 e. The third-order valence-electron chi connectivity index (χ3n) is 2.28. The number of hydrogen-bond donors (Lipinski definition) is 0. The van der Waals surface area contributed by atoms with Gasteiger partial charge in [-0.1, -0.05) is 52.3 Å². The molecule has 1 aromatic carbocycles. The van der Waals surface area contributed by atoms with E-state index in [1.165, 1.54) is 11.3 Å². The van der Waals surface area contributed by atoms with Crippen LogP contribution in [0.2, 0.25) is 0 Å².